The molecule has 0 amide bonds. The highest BCUT2D eigenvalue weighted by atomic mass is 32.2. The second kappa shape index (κ2) is 9.53. The van der Waals surface area contributed by atoms with E-state index in [1.165, 1.54) is 6.07 Å². The molecular weight excluding hydrogens is 464 g/mol. The van der Waals surface area contributed by atoms with E-state index in [4.69, 9.17) is 9.84 Å². The summed E-state index contributed by atoms with van der Waals surface area (Å²) in [4.78, 5) is 10.8. The van der Waals surface area contributed by atoms with Gasteiger partial charge in [-0.1, -0.05) is 36.4 Å². The van der Waals surface area contributed by atoms with Crippen LogP contribution in [0.15, 0.2) is 71.6 Å². The molecule has 4 rings (SSSR count). The largest absolute Gasteiger partial charge is 0.487 e. The second-order valence-electron chi connectivity index (χ2n) is 9.19. The van der Waals surface area contributed by atoms with E-state index in [0.717, 1.165) is 22.3 Å². The number of nitriles is 1. The van der Waals surface area contributed by atoms with Gasteiger partial charge in [0.1, 0.15) is 17.9 Å². The lowest BCUT2D eigenvalue weighted by Crippen LogP contribution is -2.43. The molecule has 0 saturated carbocycles. The fourth-order valence-electron chi connectivity index (χ4n) is 4.35. The molecule has 0 saturated heterocycles. The molecule has 1 aliphatic rings. The predicted molar refractivity (Wildman–Crippen MR) is 131 cm³/mol. The number of carboxylic acid groups (broad SMARTS) is 1. The number of aliphatic carboxylic acids is 1. The van der Waals surface area contributed by atoms with Gasteiger partial charge in [-0.2, -0.15) is 9.98 Å². The lowest BCUT2D eigenvalue weighted by atomic mass is 9.78. The summed E-state index contributed by atoms with van der Waals surface area (Å²) < 4.78 is 33.4. The zero-order valence-corrected chi connectivity index (χ0v) is 20.3. The van der Waals surface area contributed by atoms with Gasteiger partial charge in [0.05, 0.1) is 16.5 Å². The lowest BCUT2D eigenvalue weighted by molar-refractivity contribution is -0.135. The molecule has 8 heteroatoms. The average molecular weight is 491 g/mol. The summed E-state index contributed by atoms with van der Waals surface area (Å²) in [5.41, 5.74) is 4.00. The Balaban J connectivity index is 1.59. The molecule has 0 aliphatic carbocycles. The summed E-state index contributed by atoms with van der Waals surface area (Å²) in [6, 6.07) is 22.4. The van der Waals surface area contributed by atoms with Crippen molar-refractivity contribution in [1.82, 2.24) is 4.72 Å². The summed E-state index contributed by atoms with van der Waals surface area (Å²) in [6.07, 6.45) is 1.32. The molecule has 0 radical (unpaired) electrons. The molecule has 7 nitrogen and oxygen atoms in total. The maximum absolute atomic E-state index is 12.5. The van der Waals surface area contributed by atoms with Crippen LogP contribution in [0.3, 0.4) is 0 Å². The Morgan fingerprint density at radius 3 is 2.54 bits per heavy atom. The van der Waals surface area contributed by atoms with Crippen molar-refractivity contribution in [3.05, 3.63) is 83.4 Å². The molecule has 1 atom stereocenters. The van der Waals surface area contributed by atoms with Crippen LogP contribution in [-0.2, 0) is 27.7 Å². The molecule has 0 bridgehead atoms. The Labute approximate surface area is 205 Å². The number of sulfonamides is 1. The summed E-state index contributed by atoms with van der Waals surface area (Å²) in [5, 5.41) is 18.0. The smallest absolute Gasteiger partial charge is 0.318 e. The number of ether oxygens (including phenoxy) is 1. The minimum Gasteiger partial charge on any atom is -0.487 e. The zero-order valence-electron chi connectivity index (χ0n) is 19.5. The van der Waals surface area contributed by atoms with Gasteiger partial charge in [-0.25, -0.2) is 8.42 Å². The third-order valence-electron chi connectivity index (χ3n) is 6.31. The van der Waals surface area contributed by atoms with Crippen LogP contribution in [0.25, 0.3) is 11.1 Å². The topological polar surface area (TPSA) is 116 Å². The number of benzene rings is 3. The number of rotatable bonds is 7. The maximum Gasteiger partial charge on any atom is 0.318 e. The first-order chi connectivity index (χ1) is 16.6. The van der Waals surface area contributed by atoms with Gasteiger partial charge in [0.15, 0.2) is 0 Å². The van der Waals surface area contributed by atoms with Crippen LogP contribution in [0.2, 0.25) is 0 Å². The molecule has 3 aromatic rings. The van der Waals surface area contributed by atoms with Crippen LogP contribution in [0.1, 0.15) is 30.5 Å². The van der Waals surface area contributed by atoms with Gasteiger partial charge in [0.2, 0.25) is 10.0 Å². The number of fused-ring (bicyclic) bond motifs is 1. The Morgan fingerprint density at radius 1 is 1.11 bits per heavy atom. The minimum atomic E-state index is -3.95. The molecule has 2 N–H and O–H groups in total. The Hall–Kier alpha value is -3.67. The molecule has 0 fully saturated rings. The SMILES string of the molecule is CC1(C)Oc2ccc(S(=O)(=O)NCC(=O)O)cc2CC1Cc1cccc(-c2cccc(C#N)c2)c1. The molecule has 3 aromatic carbocycles. The van der Waals surface area contributed by atoms with Crippen LogP contribution in [-0.4, -0.2) is 31.6 Å². The van der Waals surface area contributed by atoms with Crippen LogP contribution < -0.4 is 9.46 Å². The van der Waals surface area contributed by atoms with Crippen molar-refractivity contribution in [2.75, 3.05) is 6.54 Å². The average Bonchev–Trinajstić information content (AvgIpc) is 2.83. The molecule has 1 aliphatic heterocycles. The van der Waals surface area contributed by atoms with Crippen LogP contribution in [0.4, 0.5) is 0 Å². The first kappa shape index (κ1) is 24.5. The van der Waals surface area contributed by atoms with Crippen LogP contribution in [0.5, 0.6) is 5.75 Å². The third kappa shape index (κ3) is 5.53. The third-order valence-corrected chi connectivity index (χ3v) is 7.71. The summed E-state index contributed by atoms with van der Waals surface area (Å²) in [6.45, 7) is 3.37. The highest BCUT2D eigenvalue weighted by molar-refractivity contribution is 7.89. The summed E-state index contributed by atoms with van der Waals surface area (Å²) in [7, 11) is -3.95. The van der Waals surface area contributed by atoms with E-state index in [1.54, 1.807) is 18.2 Å². The van der Waals surface area contributed by atoms with Gasteiger partial charge in [-0.15, -0.1) is 0 Å². The van der Waals surface area contributed by atoms with E-state index in [0.29, 0.717) is 24.2 Å². The molecule has 35 heavy (non-hydrogen) atoms. The first-order valence-electron chi connectivity index (χ1n) is 11.2. The minimum absolute atomic E-state index is 0.0129. The maximum atomic E-state index is 12.5. The van der Waals surface area contributed by atoms with Crippen LogP contribution >= 0.6 is 0 Å². The molecule has 0 spiro atoms. The van der Waals surface area contributed by atoms with Crippen LogP contribution in [0, 0.1) is 17.2 Å². The van der Waals surface area contributed by atoms with Crippen molar-refractivity contribution in [3.8, 4) is 22.9 Å². The number of carboxylic acids is 1. The van der Waals surface area contributed by atoms with E-state index in [9.17, 15) is 18.5 Å². The van der Waals surface area contributed by atoms with Gasteiger partial charge < -0.3 is 9.84 Å². The van der Waals surface area contributed by atoms with Crippen molar-refractivity contribution in [3.63, 3.8) is 0 Å². The van der Waals surface area contributed by atoms with Crippen molar-refractivity contribution in [2.45, 2.75) is 37.2 Å². The van der Waals surface area contributed by atoms with Gasteiger partial charge in [0.25, 0.3) is 0 Å². The molecule has 180 valence electrons. The number of hydrogen-bond donors (Lipinski definition) is 2. The lowest BCUT2D eigenvalue weighted by Gasteiger charge is -2.40. The fraction of sp³-hybridized carbons (Fsp3) is 0.259. The second-order valence-corrected chi connectivity index (χ2v) is 11.0. The van der Waals surface area contributed by atoms with Gasteiger partial charge in [0, 0.05) is 5.92 Å². The summed E-state index contributed by atoms with van der Waals surface area (Å²) >= 11 is 0. The fourth-order valence-corrected chi connectivity index (χ4v) is 5.37. The van der Waals surface area contributed by atoms with E-state index in [1.807, 2.05) is 44.2 Å². The Kier molecular flexibility index (Phi) is 6.66. The standard InChI is InChI=1S/C27H26N2O5S/c1-27(2)23(13-18-5-3-7-20(11-18)21-8-4-6-19(12-21)16-28)14-22-15-24(9-10-25(22)34-27)35(32,33)29-17-26(30)31/h3-12,15,23,29H,13-14,17H2,1-2H3,(H,30,31). The van der Waals surface area contributed by atoms with E-state index in [2.05, 4.69) is 22.9 Å². The Morgan fingerprint density at radius 2 is 1.83 bits per heavy atom. The predicted octanol–water partition coefficient (Wildman–Crippen LogP) is 4.16. The monoisotopic (exact) mass is 490 g/mol. The number of carbonyl (C=O) groups is 1. The number of hydrogen-bond acceptors (Lipinski definition) is 5. The van der Waals surface area contributed by atoms with E-state index >= 15 is 0 Å². The highest BCUT2D eigenvalue weighted by Crippen LogP contribution is 2.39. The van der Waals surface area contributed by atoms with Crippen molar-refractivity contribution in [1.29, 1.82) is 5.26 Å². The highest BCUT2D eigenvalue weighted by Gasteiger charge is 2.37. The molecule has 0 aromatic heterocycles. The number of nitrogens with one attached hydrogen (secondary N) is 1. The van der Waals surface area contributed by atoms with E-state index in [-0.39, 0.29) is 10.8 Å². The molecule has 1 heterocycles. The number of nitrogens with zero attached hydrogens (tertiary/aromatic N) is 1. The van der Waals surface area contributed by atoms with Crippen molar-refractivity contribution in [2.24, 2.45) is 5.92 Å². The van der Waals surface area contributed by atoms with Gasteiger partial charge in [-0.05, 0) is 79.3 Å². The molecular formula is C27H26N2O5S. The quantitative estimate of drug-likeness (QED) is 0.514. The molecule has 1 unspecified atom stereocenters. The van der Waals surface area contributed by atoms with Gasteiger partial charge in [-0.3, -0.25) is 4.79 Å². The summed E-state index contributed by atoms with van der Waals surface area (Å²) in [5.74, 6) is -0.551. The van der Waals surface area contributed by atoms with Crippen molar-refractivity contribution >= 4 is 16.0 Å². The normalized spacial score (nSPS) is 16.5. The first-order valence-corrected chi connectivity index (χ1v) is 12.7. The van der Waals surface area contributed by atoms with Crippen molar-refractivity contribution < 1.29 is 23.1 Å². The Bertz CT molecular complexity index is 1420. The van der Waals surface area contributed by atoms with E-state index < -0.39 is 28.1 Å². The van der Waals surface area contributed by atoms with Gasteiger partial charge >= 0.3 is 5.97 Å². The zero-order chi connectivity index (χ0) is 25.2.